The topological polar surface area (TPSA) is 3.24 Å². The predicted octanol–water partition coefficient (Wildman–Crippen LogP) is 2.61. The maximum absolute atomic E-state index is 2.71. The average molecular weight is 199 g/mol. The number of thioether (sulfide) groups is 1. The molecule has 0 spiro atoms. The fourth-order valence-corrected chi connectivity index (χ4v) is 3.09. The van der Waals surface area contributed by atoms with Crippen molar-refractivity contribution >= 4 is 11.8 Å². The maximum atomic E-state index is 2.71. The van der Waals surface area contributed by atoms with Gasteiger partial charge in [0.2, 0.25) is 0 Å². The molecule has 1 aliphatic carbocycles. The normalized spacial score (nSPS) is 28.4. The van der Waals surface area contributed by atoms with Gasteiger partial charge in [-0.15, -0.1) is 0 Å². The van der Waals surface area contributed by atoms with E-state index < -0.39 is 0 Å². The molecule has 0 aromatic carbocycles. The summed E-state index contributed by atoms with van der Waals surface area (Å²) < 4.78 is 0. The van der Waals surface area contributed by atoms with Crippen molar-refractivity contribution in [3.63, 3.8) is 0 Å². The lowest BCUT2D eigenvalue weighted by molar-refractivity contribution is 0.209. The molecular formula is C11H21NS. The van der Waals surface area contributed by atoms with Crippen molar-refractivity contribution in [1.82, 2.24) is 4.90 Å². The van der Waals surface area contributed by atoms with Gasteiger partial charge in [-0.05, 0) is 38.0 Å². The summed E-state index contributed by atoms with van der Waals surface area (Å²) in [5.74, 6) is 3.83. The monoisotopic (exact) mass is 199 g/mol. The lowest BCUT2D eigenvalue weighted by Crippen LogP contribution is -2.35. The van der Waals surface area contributed by atoms with E-state index in [0.717, 1.165) is 12.0 Å². The highest BCUT2D eigenvalue weighted by Crippen LogP contribution is 2.34. The number of nitrogens with zero attached hydrogens (tertiary/aromatic N) is 1. The predicted molar refractivity (Wildman–Crippen MR) is 60.3 cm³/mol. The summed E-state index contributed by atoms with van der Waals surface area (Å²) in [6.07, 6.45) is 5.88. The van der Waals surface area contributed by atoms with Crippen LogP contribution in [-0.2, 0) is 0 Å². The lowest BCUT2D eigenvalue weighted by Gasteiger charge is -2.27. The van der Waals surface area contributed by atoms with Crippen LogP contribution in [0.2, 0.25) is 0 Å². The molecule has 2 aliphatic rings. The highest BCUT2D eigenvalue weighted by atomic mass is 32.2. The second kappa shape index (κ2) is 4.70. The van der Waals surface area contributed by atoms with Gasteiger partial charge < -0.3 is 0 Å². The summed E-state index contributed by atoms with van der Waals surface area (Å²) in [6, 6.07) is 0.853. The quantitative estimate of drug-likeness (QED) is 0.687. The van der Waals surface area contributed by atoms with E-state index in [-0.39, 0.29) is 0 Å². The Morgan fingerprint density at radius 1 is 1.31 bits per heavy atom. The maximum Gasteiger partial charge on any atom is 0.00752 e. The Morgan fingerprint density at radius 3 is 2.92 bits per heavy atom. The molecule has 0 bridgehead atoms. The van der Waals surface area contributed by atoms with Gasteiger partial charge >= 0.3 is 0 Å². The zero-order chi connectivity index (χ0) is 9.10. The molecule has 0 amide bonds. The van der Waals surface area contributed by atoms with E-state index in [1.807, 2.05) is 0 Å². The third-order valence-corrected chi connectivity index (χ3v) is 4.30. The van der Waals surface area contributed by atoms with Crippen LogP contribution in [0.4, 0.5) is 0 Å². The van der Waals surface area contributed by atoms with Crippen LogP contribution in [0.15, 0.2) is 0 Å². The van der Waals surface area contributed by atoms with Crippen molar-refractivity contribution in [2.24, 2.45) is 5.92 Å². The molecule has 1 nitrogen and oxygen atoms in total. The highest BCUT2D eigenvalue weighted by Gasteiger charge is 2.26. The third kappa shape index (κ3) is 3.17. The summed E-state index contributed by atoms with van der Waals surface area (Å²) in [5, 5.41) is 0. The summed E-state index contributed by atoms with van der Waals surface area (Å²) in [4.78, 5) is 2.71. The van der Waals surface area contributed by atoms with Crippen LogP contribution in [-0.4, -0.2) is 35.5 Å². The van der Waals surface area contributed by atoms with E-state index in [2.05, 4.69) is 23.6 Å². The van der Waals surface area contributed by atoms with Gasteiger partial charge in [-0.25, -0.2) is 0 Å². The molecule has 76 valence electrons. The molecule has 2 heteroatoms. The van der Waals surface area contributed by atoms with Gasteiger partial charge in [0, 0.05) is 18.3 Å². The Kier molecular flexibility index (Phi) is 3.56. The van der Waals surface area contributed by atoms with Crippen molar-refractivity contribution in [2.45, 2.75) is 38.6 Å². The smallest absolute Gasteiger partial charge is 0.00752 e. The first-order chi connectivity index (χ1) is 6.36. The highest BCUT2D eigenvalue weighted by molar-refractivity contribution is 7.99. The summed E-state index contributed by atoms with van der Waals surface area (Å²) in [7, 11) is 0. The Balaban J connectivity index is 1.74. The van der Waals surface area contributed by atoms with Gasteiger partial charge in [-0.2, -0.15) is 11.8 Å². The largest absolute Gasteiger partial charge is 0.300 e. The molecule has 1 saturated heterocycles. The summed E-state index contributed by atoms with van der Waals surface area (Å²) in [5.41, 5.74) is 0. The Morgan fingerprint density at radius 2 is 2.15 bits per heavy atom. The van der Waals surface area contributed by atoms with E-state index >= 15 is 0 Å². The Hall–Kier alpha value is 0.310. The first-order valence-electron chi connectivity index (χ1n) is 5.68. The zero-order valence-corrected chi connectivity index (χ0v) is 9.48. The molecule has 0 N–H and O–H groups in total. The molecule has 1 atom stereocenters. The van der Waals surface area contributed by atoms with Crippen molar-refractivity contribution in [3.05, 3.63) is 0 Å². The molecular weight excluding hydrogens is 178 g/mol. The second-order valence-electron chi connectivity index (χ2n) is 4.53. The average Bonchev–Trinajstić information content (AvgIpc) is 2.87. The fraction of sp³-hybridized carbons (Fsp3) is 1.00. The van der Waals surface area contributed by atoms with Crippen LogP contribution < -0.4 is 0 Å². The summed E-state index contributed by atoms with van der Waals surface area (Å²) >= 11 is 2.13. The van der Waals surface area contributed by atoms with Gasteiger partial charge in [0.25, 0.3) is 0 Å². The van der Waals surface area contributed by atoms with E-state index in [9.17, 15) is 0 Å². The first kappa shape index (κ1) is 9.85. The Bertz CT molecular complexity index is 148. The molecule has 1 aliphatic heterocycles. The minimum absolute atomic E-state index is 0.853. The summed E-state index contributed by atoms with van der Waals surface area (Å²) in [6.45, 7) is 5.10. The molecule has 1 heterocycles. The van der Waals surface area contributed by atoms with Gasteiger partial charge in [0.1, 0.15) is 0 Å². The number of hydrogen-bond acceptors (Lipinski definition) is 2. The van der Waals surface area contributed by atoms with Crippen molar-refractivity contribution in [1.29, 1.82) is 0 Å². The van der Waals surface area contributed by atoms with Crippen LogP contribution in [0, 0.1) is 5.92 Å². The van der Waals surface area contributed by atoms with E-state index in [1.165, 1.54) is 50.3 Å². The molecule has 0 radical (unpaired) electrons. The molecule has 2 fully saturated rings. The number of hydrogen-bond donors (Lipinski definition) is 0. The molecule has 2 rings (SSSR count). The third-order valence-electron chi connectivity index (χ3n) is 3.25. The van der Waals surface area contributed by atoms with E-state index in [0.29, 0.717) is 0 Å². The second-order valence-corrected chi connectivity index (χ2v) is 5.75. The van der Waals surface area contributed by atoms with E-state index in [1.54, 1.807) is 0 Å². The van der Waals surface area contributed by atoms with Crippen LogP contribution in [0.25, 0.3) is 0 Å². The first-order valence-corrected chi connectivity index (χ1v) is 6.83. The minimum atomic E-state index is 0.853. The standard InChI is InChI=1S/C11H21NS/c1-10(9-11-3-4-11)12-5-2-7-13-8-6-12/h10-11H,2-9H2,1H3. The van der Waals surface area contributed by atoms with Gasteiger partial charge in [0.05, 0.1) is 0 Å². The Labute approximate surface area is 86.3 Å². The van der Waals surface area contributed by atoms with Crippen LogP contribution >= 0.6 is 11.8 Å². The fourth-order valence-electron chi connectivity index (χ4n) is 2.19. The van der Waals surface area contributed by atoms with Crippen LogP contribution in [0.1, 0.15) is 32.6 Å². The molecule has 0 aromatic heterocycles. The molecule has 1 saturated carbocycles. The SMILES string of the molecule is CC(CC1CC1)N1CCCSCC1. The van der Waals surface area contributed by atoms with Gasteiger partial charge in [-0.1, -0.05) is 12.8 Å². The van der Waals surface area contributed by atoms with E-state index in [4.69, 9.17) is 0 Å². The van der Waals surface area contributed by atoms with Crippen molar-refractivity contribution in [3.8, 4) is 0 Å². The van der Waals surface area contributed by atoms with Gasteiger partial charge in [0.15, 0.2) is 0 Å². The van der Waals surface area contributed by atoms with Crippen molar-refractivity contribution < 1.29 is 0 Å². The molecule has 1 unspecified atom stereocenters. The van der Waals surface area contributed by atoms with Crippen molar-refractivity contribution in [2.75, 3.05) is 24.6 Å². The number of rotatable bonds is 3. The molecule has 0 aromatic rings. The van der Waals surface area contributed by atoms with Gasteiger partial charge in [-0.3, -0.25) is 4.90 Å². The molecule has 13 heavy (non-hydrogen) atoms. The van der Waals surface area contributed by atoms with Crippen LogP contribution in [0.5, 0.6) is 0 Å². The minimum Gasteiger partial charge on any atom is -0.300 e. The van der Waals surface area contributed by atoms with Crippen LogP contribution in [0.3, 0.4) is 0 Å². The lowest BCUT2D eigenvalue weighted by atomic mass is 10.1. The zero-order valence-electron chi connectivity index (χ0n) is 8.67.